The molecule has 0 aromatic rings. The average molecular weight is 175 g/mol. The Morgan fingerprint density at radius 2 is 0.846 bits per heavy atom. The maximum Gasteiger partial charge on any atom is 1.00 e. The normalized spacial score (nSPS) is 8.77. The third-order valence-corrected chi connectivity index (χ3v) is 0.667. The molecule has 0 fully saturated rings. The van der Waals surface area contributed by atoms with E-state index >= 15 is 0 Å². The van der Waals surface area contributed by atoms with Crippen LogP contribution >= 0.6 is 0 Å². The Hall–Kier alpha value is 1.15. The SMILES string of the molecule is CC(C)C.CC(C)NC(C)C.[H-].[H-].[Li+].[Li+]. The smallest absolute Gasteiger partial charge is 1.00 e. The second-order valence-electron chi connectivity index (χ2n) is 4.21. The molecule has 0 aliphatic carbocycles. The van der Waals surface area contributed by atoms with Gasteiger partial charge in [-0.15, -0.1) is 0 Å². The van der Waals surface area contributed by atoms with Gasteiger partial charge in [-0.2, -0.15) is 0 Å². The molecule has 3 heteroatoms. The molecule has 0 bridgehead atoms. The fraction of sp³-hybridized carbons (Fsp3) is 1.00. The van der Waals surface area contributed by atoms with E-state index in [1.165, 1.54) is 0 Å². The summed E-state index contributed by atoms with van der Waals surface area (Å²) in [5.74, 6) is 0.833. The largest absolute Gasteiger partial charge is 1.00 e. The van der Waals surface area contributed by atoms with Crippen molar-refractivity contribution >= 4 is 0 Å². The van der Waals surface area contributed by atoms with Crippen molar-refractivity contribution in [2.75, 3.05) is 0 Å². The van der Waals surface area contributed by atoms with Crippen LogP contribution in [-0.4, -0.2) is 12.1 Å². The molecule has 0 aromatic heterocycles. The minimum Gasteiger partial charge on any atom is -1.00 e. The standard InChI is InChI=1S/C6H15N.C4H10.2Li.2H/c1-5(2)7-6(3)4;1-4(2)3;;;;/h5-7H,1-4H3;4H,1-3H3;;;;/q;;2*+1;2*-1. The molecule has 1 N–H and O–H groups in total. The quantitative estimate of drug-likeness (QED) is 0.450. The summed E-state index contributed by atoms with van der Waals surface area (Å²) in [5, 5.41) is 3.31. The number of rotatable bonds is 2. The van der Waals surface area contributed by atoms with Gasteiger partial charge in [0.05, 0.1) is 0 Å². The van der Waals surface area contributed by atoms with Crippen molar-refractivity contribution in [3.8, 4) is 0 Å². The van der Waals surface area contributed by atoms with Crippen LogP contribution in [-0.2, 0) is 0 Å². The maximum absolute atomic E-state index is 3.31. The molecule has 13 heavy (non-hydrogen) atoms. The summed E-state index contributed by atoms with van der Waals surface area (Å²) in [5.41, 5.74) is 0. The molecular weight excluding hydrogens is 148 g/mol. The first-order chi connectivity index (χ1) is 4.86. The van der Waals surface area contributed by atoms with E-state index in [0.29, 0.717) is 12.1 Å². The van der Waals surface area contributed by atoms with Crippen LogP contribution in [0.2, 0.25) is 0 Å². The number of nitrogens with one attached hydrogen (secondary N) is 1. The first-order valence-corrected chi connectivity index (χ1v) is 4.62. The third-order valence-electron chi connectivity index (χ3n) is 0.667. The predicted octanol–water partition coefficient (Wildman–Crippen LogP) is -2.71. The first kappa shape index (κ1) is 23.8. The van der Waals surface area contributed by atoms with Crippen LogP contribution < -0.4 is 43.0 Å². The molecule has 0 spiro atoms. The van der Waals surface area contributed by atoms with Crippen LogP contribution in [0.15, 0.2) is 0 Å². The molecule has 74 valence electrons. The molecule has 0 atom stereocenters. The molecule has 0 aliphatic heterocycles. The predicted molar refractivity (Wildman–Crippen MR) is 56.1 cm³/mol. The van der Waals surface area contributed by atoms with Crippen molar-refractivity contribution < 1.29 is 40.6 Å². The van der Waals surface area contributed by atoms with Crippen molar-refractivity contribution in [1.82, 2.24) is 5.32 Å². The van der Waals surface area contributed by atoms with Gasteiger partial charge < -0.3 is 8.17 Å². The van der Waals surface area contributed by atoms with E-state index < -0.39 is 0 Å². The summed E-state index contributed by atoms with van der Waals surface area (Å²) in [6.07, 6.45) is 0. The zero-order valence-corrected chi connectivity index (χ0v) is 11.2. The van der Waals surface area contributed by atoms with Gasteiger partial charge in [-0.1, -0.05) is 48.5 Å². The topological polar surface area (TPSA) is 12.0 Å². The molecule has 0 aromatic carbocycles. The summed E-state index contributed by atoms with van der Waals surface area (Å²) in [6, 6.07) is 1.25. The molecule has 0 aliphatic rings. The van der Waals surface area contributed by atoms with Gasteiger partial charge in [0.1, 0.15) is 0 Å². The van der Waals surface area contributed by atoms with Crippen LogP contribution in [0.5, 0.6) is 0 Å². The van der Waals surface area contributed by atoms with E-state index in [1.54, 1.807) is 0 Å². The molecule has 0 unspecified atom stereocenters. The molecule has 0 heterocycles. The fourth-order valence-corrected chi connectivity index (χ4v) is 0.667. The Kier molecular flexibility index (Phi) is 28.5. The number of hydrogen-bond donors (Lipinski definition) is 1. The van der Waals surface area contributed by atoms with Crippen molar-refractivity contribution in [1.29, 1.82) is 0 Å². The van der Waals surface area contributed by atoms with E-state index in [0.717, 1.165) is 5.92 Å². The summed E-state index contributed by atoms with van der Waals surface area (Å²) >= 11 is 0. The zero-order valence-electron chi connectivity index (χ0n) is 13.2. The Balaban J connectivity index is -0.0000000230. The van der Waals surface area contributed by atoms with E-state index in [2.05, 4.69) is 53.8 Å². The van der Waals surface area contributed by atoms with Gasteiger partial charge in [-0.25, -0.2) is 0 Å². The van der Waals surface area contributed by atoms with Gasteiger partial charge in [0.2, 0.25) is 0 Å². The van der Waals surface area contributed by atoms with Gasteiger partial charge in [0.15, 0.2) is 0 Å². The van der Waals surface area contributed by atoms with E-state index in [9.17, 15) is 0 Å². The van der Waals surface area contributed by atoms with Crippen LogP contribution in [0.1, 0.15) is 51.3 Å². The maximum atomic E-state index is 3.31. The van der Waals surface area contributed by atoms with Crippen molar-refractivity contribution in [2.45, 2.75) is 60.5 Å². The summed E-state index contributed by atoms with van der Waals surface area (Å²) in [6.45, 7) is 15.1. The van der Waals surface area contributed by atoms with Crippen LogP contribution in [0.3, 0.4) is 0 Å². The molecule has 1 nitrogen and oxygen atoms in total. The minimum atomic E-state index is 0. The number of hydrogen-bond acceptors (Lipinski definition) is 1. The zero-order chi connectivity index (χ0) is 9.44. The van der Waals surface area contributed by atoms with Gasteiger partial charge in [-0.3, -0.25) is 0 Å². The third kappa shape index (κ3) is 61.6. The Labute approximate surface area is 112 Å². The van der Waals surface area contributed by atoms with Crippen LogP contribution in [0.4, 0.5) is 0 Å². The van der Waals surface area contributed by atoms with Gasteiger partial charge >= 0.3 is 37.7 Å². The summed E-state index contributed by atoms with van der Waals surface area (Å²) in [4.78, 5) is 0. The van der Waals surface area contributed by atoms with Crippen LogP contribution in [0.25, 0.3) is 0 Å². The molecule has 0 radical (unpaired) electrons. The van der Waals surface area contributed by atoms with Gasteiger partial charge in [0, 0.05) is 12.1 Å². The Morgan fingerprint density at radius 1 is 0.692 bits per heavy atom. The van der Waals surface area contributed by atoms with Crippen molar-refractivity contribution in [3.05, 3.63) is 0 Å². The van der Waals surface area contributed by atoms with Crippen LogP contribution in [0, 0.1) is 5.92 Å². The monoisotopic (exact) mass is 175 g/mol. The Morgan fingerprint density at radius 3 is 0.846 bits per heavy atom. The van der Waals surface area contributed by atoms with E-state index in [1.807, 2.05) is 0 Å². The summed E-state index contributed by atoms with van der Waals surface area (Å²) < 4.78 is 0. The Bertz CT molecular complexity index is 73.1. The van der Waals surface area contributed by atoms with Crippen molar-refractivity contribution in [3.63, 3.8) is 0 Å². The van der Waals surface area contributed by atoms with Gasteiger partial charge in [-0.05, 0) is 5.92 Å². The summed E-state index contributed by atoms with van der Waals surface area (Å²) in [7, 11) is 0. The molecule has 0 saturated heterocycles. The molecule has 0 amide bonds. The van der Waals surface area contributed by atoms with E-state index in [-0.39, 0.29) is 40.6 Å². The molecule has 0 rings (SSSR count). The molecular formula is C10H27Li2N. The van der Waals surface area contributed by atoms with Gasteiger partial charge in [0.25, 0.3) is 0 Å². The minimum absolute atomic E-state index is 0. The van der Waals surface area contributed by atoms with E-state index in [4.69, 9.17) is 0 Å². The second-order valence-corrected chi connectivity index (χ2v) is 4.21. The average Bonchev–Trinajstić information content (AvgIpc) is 1.56. The second kappa shape index (κ2) is 15.6. The first-order valence-electron chi connectivity index (χ1n) is 4.62. The van der Waals surface area contributed by atoms with Crippen molar-refractivity contribution in [2.24, 2.45) is 5.92 Å². The molecule has 0 saturated carbocycles. The fourth-order valence-electron chi connectivity index (χ4n) is 0.667.